The smallest absolute Gasteiger partial charge is 0.332 e. The molecule has 3 N–H and O–H groups in total. The van der Waals surface area contributed by atoms with Crippen LogP contribution in [0.25, 0.3) is 10.8 Å². The molecule has 3 aromatic rings. The number of nitrogens with zero attached hydrogens (tertiary/aromatic N) is 2. The zero-order chi connectivity index (χ0) is 32.2. The van der Waals surface area contributed by atoms with Crippen LogP contribution in [0.3, 0.4) is 0 Å². The highest BCUT2D eigenvalue weighted by Crippen LogP contribution is 2.55. The first-order valence-electron chi connectivity index (χ1n) is 16.6. The predicted octanol–water partition coefficient (Wildman–Crippen LogP) is 5.66. The fourth-order valence-corrected chi connectivity index (χ4v) is 8.68. The largest absolute Gasteiger partial charge is 0.340 e. The molecule has 3 amide bonds. The summed E-state index contributed by atoms with van der Waals surface area (Å²) in [6.45, 7) is 2.17. The second kappa shape index (κ2) is 11.9. The number of hydrogen-bond donors (Lipinski definition) is 3. The third kappa shape index (κ3) is 5.78. The highest BCUT2D eigenvalue weighted by Gasteiger charge is 2.58. The third-order valence-electron chi connectivity index (χ3n) is 11.0. The summed E-state index contributed by atoms with van der Waals surface area (Å²) in [6.07, 6.45) is 7.56. The normalized spacial score (nSPS) is 26.5. The number of likely N-dealkylation sites (tertiary alicyclic amines) is 1. The Morgan fingerprint density at radius 1 is 0.935 bits per heavy atom. The summed E-state index contributed by atoms with van der Waals surface area (Å²) < 4.78 is 11.8. The first kappa shape index (κ1) is 31.1. The van der Waals surface area contributed by atoms with Crippen LogP contribution in [0.2, 0.25) is 0 Å². The molecule has 9 nitrogen and oxygen atoms in total. The molecule has 7 rings (SSSR count). The Labute approximate surface area is 269 Å². The minimum atomic E-state index is -4.32. The van der Waals surface area contributed by atoms with Crippen LogP contribution in [0, 0.1) is 0 Å². The van der Waals surface area contributed by atoms with Gasteiger partial charge in [0.25, 0.3) is 5.91 Å². The first-order chi connectivity index (χ1) is 22.0. The van der Waals surface area contributed by atoms with Crippen molar-refractivity contribution in [3.8, 4) is 0 Å². The molecule has 0 radical (unpaired) electrons. The molecule has 1 aliphatic carbocycles. The number of rotatable bonds is 6. The van der Waals surface area contributed by atoms with E-state index in [0.717, 1.165) is 50.3 Å². The molecule has 0 aromatic heterocycles. The predicted molar refractivity (Wildman–Crippen MR) is 175 cm³/mol. The van der Waals surface area contributed by atoms with Gasteiger partial charge in [-0.1, -0.05) is 67.4 Å². The number of carbonyl (C=O) groups excluding carboxylic acids is 3. The van der Waals surface area contributed by atoms with Crippen molar-refractivity contribution in [2.75, 3.05) is 6.54 Å². The fourth-order valence-electron chi connectivity index (χ4n) is 8.13. The minimum Gasteiger partial charge on any atom is -0.340 e. The van der Waals surface area contributed by atoms with Crippen LogP contribution in [0.5, 0.6) is 0 Å². The third-order valence-corrected chi connectivity index (χ3v) is 12.3. The van der Waals surface area contributed by atoms with E-state index in [1.165, 1.54) is 12.5 Å². The van der Waals surface area contributed by atoms with Gasteiger partial charge < -0.3 is 24.9 Å². The lowest BCUT2D eigenvalue weighted by Gasteiger charge is -2.37. The zero-order valence-electron chi connectivity index (χ0n) is 26.2. The van der Waals surface area contributed by atoms with Gasteiger partial charge in [-0.3, -0.25) is 18.9 Å². The second-order valence-corrected chi connectivity index (χ2v) is 15.8. The van der Waals surface area contributed by atoms with Gasteiger partial charge in [-0.05, 0) is 85.9 Å². The van der Waals surface area contributed by atoms with Crippen LogP contribution < -0.4 is 5.32 Å². The average Bonchev–Trinajstić information content (AvgIpc) is 3.54. The van der Waals surface area contributed by atoms with Gasteiger partial charge >= 0.3 is 7.60 Å². The van der Waals surface area contributed by atoms with Crippen LogP contribution in [0.1, 0.15) is 97.8 Å². The standard InChI is InChI=1S/C36H42N3O6P/c1-23(46(43,44)45)26-13-11-25-12-14-27(20-28(25)19-26)33(40)37-31-10-6-5-9-30-15-16-32(39(30)34(31)41)35(42)38-22-29(21-36(38)17-18-36)24-7-3-2-4-8-24/h2-4,7-8,11-14,19-20,23,29-32H,5-6,9-10,15-18,21-22H2,1H3,(H,37,40)(H2,43,44,45)/t23?,29-,30-,31-,32-/m0/s1. The van der Waals surface area contributed by atoms with E-state index < -0.39 is 25.3 Å². The van der Waals surface area contributed by atoms with Crippen molar-refractivity contribution < 1.29 is 28.7 Å². The molecule has 4 fully saturated rings. The Morgan fingerprint density at radius 2 is 1.67 bits per heavy atom. The van der Waals surface area contributed by atoms with E-state index in [4.69, 9.17) is 0 Å². The van der Waals surface area contributed by atoms with E-state index in [1.54, 1.807) is 36.4 Å². The molecule has 3 aliphatic heterocycles. The molecule has 242 valence electrons. The average molecular weight is 644 g/mol. The van der Waals surface area contributed by atoms with E-state index >= 15 is 0 Å². The molecular formula is C36H42N3O6P. The lowest BCUT2D eigenvalue weighted by molar-refractivity contribution is -0.148. The highest BCUT2D eigenvalue weighted by atomic mass is 31.2. The number of benzene rings is 3. The molecule has 3 aromatic carbocycles. The van der Waals surface area contributed by atoms with Crippen molar-refractivity contribution in [3.05, 3.63) is 83.4 Å². The van der Waals surface area contributed by atoms with Gasteiger partial charge in [0.15, 0.2) is 0 Å². The van der Waals surface area contributed by atoms with Gasteiger partial charge in [0.05, 0.1) is 5.66 Å². The molecule has 3 saturated heterocycles. The van der Waals surface area contributed by atoms with Crippen molar-refractivity contribution in [1.29, 1.82) is 0 Å². The van der Waals surface area contributed by atoms with Gasteiger partial charge in [-0.15, -0.1) is 0 Å². The molecule has 3 heterocycles. The molecule has 1 spiro atoms. The lowest BCUT2D eigenvalue weighted by Crippen LogP contribution is -2.57. The Balaban J connectivity index is 1.09. The van der Waals surface area contributed by atoms with Crippen LogP contribution >= 0.6 is 7.60 Å². The molecule has 4 aliphatic rings. The van der Waals surface area contributed by atoms with Crippen molar-refractivity contribution in [1.82, 2.24) is 15.1 Å². The van der Waals surface area contributed by atoms with E-state index in [9.17, 15) is 28.7 Å². The summed E-state index contributed by atoms with van der Waals surface area (Å²) in [5.74, 6) is -0.184. The summed E-state index contributed by atoms with van der Waals surface area (Å²) in [6, 6.07) is 19.6. The minimum absolute atomic E-state index is 0.000989. The summed E-state index contributed by atoms with van der Waals surface area (Å²) in [7, 11) is -4.32. The molecule has 46 heavy (non-hydrogen) atoms. The maximum atomic E-state index is 14.3. The summed E-state index contributed by atoms with van der Waals surface area (Å²) in [4.78, 5) is 65.3. The fraction of sp³-hybridized carbons (Fsp3) is 0.472. The van der Waals surface area contributed by atoms with E-state index in [0.29, 0.717) is 41.8 Å². The number of nitrogens with one attached hydrogen (secondary N) is 1. The Morgan fingerprint density at radius 3 is 2.41 bits per heavy atom. The SMILES string of the molecule is CC(c1ccc2ccc(C(=O)N[C@H]3CCCC[C@H]4CC[C@@H](C(=O)N5C[C@@H](c6ccccc6)CC56CC6)N4C3=O)cc2c1)P(=O)(O)O. The topological polar surface area (TPSA) is 127 Å². The van der Waals surface area contributed by atoms with Crippen molar-refractivity contribution in [2.45, 2.75) is 100.0 Å². The molecule has 1 unspecified atom stereocenters. The van der Waals surface area contributed by atoms with Crippen LogP contribution in [0.15, 0.2) is 66.7 Å². The number of carbonyl (C=O) groups is 3. The number of hydrogen-bond acceptors (Lipinski definition) is 4. The van der Waals surface area contributed by atoms with Crippen LogP contribution in [-0.4, -0.2) is 67.5 Å². The maximum Gasteiger partial charge on any atom is 0.332 e. The first-order valence-corrected chi connectivity index (χ1v) is 18.3. The van der Waals surface area contributed by atoms with Gasteiger partial charge in [0, 0.05) is 29.6 Å². The van der Waals surface area contributed by atoms with Crippen molar-refractivity contribution in [2.24, 2.45) is 0 Å². The summed E-state index contributed by atoms with van der Waals surface area (Å²) in [5, 5.41) is 4.53. The monoisotopic (exact) mass is 643 g/mol. The molecule has 5 atom stereocenters. The van der Waals surface area contributed by atoms with Gasteiger partial charge in [-0.25, -0.2) is 0 Å². The number of amides is 3. The summed E-state index contributed by atoms with van der Waals surface area (Å²) >= 11 is 0. The van der Waals surface area contributed by atoms with Gasteiger partial charge in [0.2, 0.25) is 11.8 Å². The molecule has 0 bridgehead atoms. The van der Waals surface area contributed by atoms with Crippen molar-refractivity contribution in [3.63, 3.8) is 0 Å². The van der Waals surface area contributed by atoms with E-state index in [2.05, 4.69) is 34.5 Å². The lowest BCUT2D eigenvalue weighted by atomic mass is 9.96. The Hall–Kier alpha value is -3.52. The molecular weight excluding hydrogens is 601 g/mol. The Kier molecular flexibility index (Phi) is 8.07. The van der Waals surface area contributed by atoms with E-state index in [-0.39, 0.29) is 29.3 Å². The second-order valence-electron chi connectivity index (χ2n) is 13.9. The highest BCUT2D eigenvalue weighted by molar-refractivity contribution is 7.52. The van der Waals surface area contributed by atoms with Crippen molar-refractivity contribution >= 4 is 36.1 Å². The molecule has 1 saturated carbocycles. The van der Waals surface area contributed by atoms with Crippen LogP contribution in [-0.2, 0) is 14.2 Å². The Bertz CT molecular complexity index is 1720. The molecule has 10 heteroatoms. The van der Waals surface area contributed by atoms with Crippen LogP contribution in [0.4, 0.5) is 0 Å². The summed E-state index contributed by atoms with van der Waals surface area (Å²) in [5.41, 5.74) is 1.07. The van der Waals surface area contributed by atoms with E-state index in [1.807, 2.05) is 11.0 Å². The van der Waals surface area contributed by atoms with Gasteiger partial charge in [-0.2, -0.15) is 0 Å². The quantitative estimate of drug-likeness (QED) is 0.298. The zero-order valence-corrected chi connectivity index (χ0v) is 27.1. The van der Waals surface area contributed by atoms with Gasteiger partial charge in [0.1, 0.15) is 12.1 Å². The maximum absolute atomic E-state index is 14.3. The number of fused-ring (bicyclic) bond motifs is 2.